The van der Waals surface area contributed by atoms with Crippen LogP contribution in [-0.2, 0) is 10.0 Å². The summed E-state index contributed by atoms with van der Waals surface area (Å²) < 4.78 is 41.6. The van der Waals surface area contributed by atoms with Crippen LogP contribution in [0.5, 0.6) is 0 Å². The molecule has 0 saturated carbocycles. The molecule has 0 aliphatic heterocycles. The van der Waals surface area contributed by atoms with Crippen molar-refractivity contribution in [3.05, 3.63) is 22.4 Å². The number of nitrogens with two attached hydrogens (primary N) is 1. The first-order valence-electron chi connectivity index (χ1n) is 6.49. The summed E-state index contributed by atoms with van der Waals surface area (Å²) in [6.07, 6.45) is 1.90. The Morgan fingerprint density at radius 3 is 2.20 bits per heavy atom. The number of nitrogen functional groups attached to an aromatic ring is 1. The topological polar surface area (TPSA) is 72.2 Å². The third-order valence-corrected chi connectivity index (χ3v) is 6.00. The van der Waals surface area contributed by atoms with E-state index in [0.717, 1.165) is 12.1 Å². The van der Waals surface area contributed by atoms with Crippen LogP contribution in [0.4, 0.5) is 10.1 Å². The van der Waals surface area contributed by atoms with Crippen LogP contribution in [0.25, 0.3) is 0 Å². The maximum absolute atomic E-state index is 13.9. The fourth-order valence-corrected chi connectivity index (χ4v) is 4.08. The molecule has 0 aliphatic rings. The SMILES string of the molecule is CCC(CC)(CC)NS(=O)(=O)c1cc(N)c(Br)cc1F. The van der Waals surface area contributed by atoms with E-state index in [-0.39, 0.29) is 5.69 Å². The van der Waals surface area contributed by atoms with Crippen LogP contribution in [0.2, 0.25) is 0 Å². The van der Waals surface area contributed by atoms with Gasteiger partial charge in [0.15, 0.2) is 0 Å². The molecule has 0 spiro atoms. The first-order chi connectivity index (χ1) is 9.21. The lowest BCUT2D eigenvalue weighted by Gasteiger charge is -2.31. The first kappa shape index (κ1) is 17.4. The highest BCUT2D eigenvalue weighted by Crippen LogP contribution is 2.28. The molecule has 7 heteroatoms. The van der Waals surface area contributed by atoms with E-state index in [4.69, 9.17) is 5.73 Å². The quantitative estimate of drug-likeness (QED) is 0.757. The number of rotatable bonds is 6. The second kappa shape index (κ2) is 6.41. The molecular weight excluding hydrogens is 347 g/mol. The number of halogens is 2. The van der Waals surface area contributed by atoms with Gasteiger partial charge in [-0.2, -0.15) is 0 Å². The van der Waals surface area contributed by atoms with Crippen LogP contribution >= 0.6 is 15.9 Å². The van der Waals surface area contributed by atoms with Crippen molar-refractivity contribution in [2.45, 2.75) is 50.5 Å². The van der Waals surface area contributed by atoms with Crippen molar-refractivity contribution in [3.63, 3.8) is 0 Å². The fourth-order valence-electron chi connectivity index (χ4n) is 2.06. The molecule has 4 nitrogen and oxygen atoms in total. The number of anilines is 1. The molecule has 0 atom stereocenters. The minimum absolute atomic E-state index is 0.182. The molecule has 0 bridgehead atoms. The molecule has 1 rings (SSSR count). The molecule has 1 aromatic rings. The second-order valence-electron chi connectivity index (χ2n) is 4.75. The molecule has 0 saturated heterocycles. The largest absolute Gasteiger partial charge is 0.398 e. The van der Waals surface area contributed by atoms with Gasteiger partial charge in [0.1, 0.15) is 10.7 Å². The van der Waals surface area contributed by atoms with Gasteiger partial charge >= 0.3 is 0 Å². The van der Waals surface area contributed by atoms with Crippen LogP contribution in [0, 0.1) is 5.82 Å². The highest BCUT2D eigenvalue weighted by molar-refractivity contribution is 9.10. The van der Waals surface area contributed by atoms with Gasteiger partial charge in [-0.1, -0.05) is 20.8 Å². The van der Waals surface area contributed by atoms with Crippen molar-refractivity contribution >= 4 is 31.6 Å². The van der Waals surface area contributed by atoms with Gasteiger partial charge in [-0.05, 0) is 47.3 Å². The van der Waals surface area contributed by atoms with E-state index in [0.29, 0.717) is 23.7 Å². The minimum atomic E-state index is -3.95. The monoisotopic (exact) mass is 366 g/mol. The average Bonchev–Trinajstić information content (AvgIpc) is 2.40. The smallest absolute Gasteiger partial charge is 0.244 e. The third-order valence-electron chi connectivity index (χ3n) is 3.72. The van der Waals surface area contributed by atoms with E-state index < -0.39 is 26.3 Å². The summed E-state index contributed by atoms with van der Waals surface area (Å²) in [4.78, 5) is -0.419. The van der Waals surface area contributed by atoms with E-state index in [1.807, 2.05) is 20.8 Å². The van der Waals surface area contributed by atoms with Gasteiger partial charge in [-0.15, -0.1) is 0 Å². The van der Waals surface area contributed by atoms with Crippen molar-refractivity contribution in [2.24, 2.45) is 0 Å². The Morgan fingerprint density at radius 2 is 1.75 bits per heavy atom. The van der Waals surface area contributed by atoms with Crippen molar-refractivity contribution in [1.82, 2.24) is 4.72 Å². The number of hydrogen-bond donors (Lipinski definition) is 2. The van der Waals surface area contributed by atoms with E-state index in [1.165, 1.54) is 0 Å². The Labute approximate surface area is 128 Å². The fraction of sp³-hybridized carbons (Fsp3) is 0.538. The zero-order valence-electron chi connectivity index (χ0n) is 11.8. The Bertz CT molecular complexity index is 578. The van der Waals surface area contributed by atoms with Gasteiger partial charge in [0.2, 0.25) is 10.0 Å². The predicted octanol–water partition coefficient (Wildman–Crippen LogP) is 3.42. The van der Waals surface area contributed by atoms with E-state index >= 15 is 0 Å². The first-order valence-corrected chi connectivity index (χ1v) is 8.77. The lowest BCUT2D eigenvalue weighted by Crippen LogP contribution is -2.47. The van der Waals surface area contributed by atoms with Crippen molar-refractivity contribution in [1.29, 1.82) is 0 Å². The summed E-state index contributed by atoms with van der Waals surface area (Å²) in [7, 11) is -3.95. The van der Waals surface area contributed by atoms with Gasteiger partial charge in [-0.3, -0.25) is 0 Å². The number of sulfonamides is 1. The van der Waals surface area contributed by atoms with Crippen LogP contribution in [0.3, 0.4) is 0 Å². The van der Waals surface area contributed by atoms with Crippen molar-refractivity contribution in [2.75, 3.05) is 5.73 Å². The molecule has 0 unspecified atom stereocenters. The zero-order chi connectivity index (χ0) is 15.6. The molecule has 0 heterocycles. The minimum Gasteiger partial charge on any atom is -0.398 e. The summed E-state index contributed by atoms with van der Waals surface area (Å²) in [6.45, 7) is 5.71. The summed E-state index contributed by atoms with van der Waals surface area (Å²) in [5.74, 6) is -0.823. The Kier molecular flexibility index (Phi) is 5.57. The number of benzene rings is 1. The summed E-state index contributed by atoms with van der Waals surface area (Å²) in [5.41, 5.74) is 5.26. The van der Waals surface area contributed by atoms with Crippen LogP contribution < -0.4 is 10.5 Å². The summed E-state index contributed by atoms with van der Waals surface area (Å²) in [5, 5.41) is 0. The number of nitrogens with one attached hydrogen (secondary N) is 1. The Morgan fingerprint density at radius 1 is 1.25 bits per heavy atom. The molecule has 20 heavy (non-hydrogen) atoms. The molecule has 0 aliphatic carbocycles. The van der Waals surface area contributed by atoms with Gasteiger partial charge in [0.05, 0.1) is 0 Å². The highest BCUT2D eigenvalue weighted by atomic mass is 79.9. The van der Waals surface area contributed by atoms with Crippen LogP contribution in [0.1, 0.15) is 40.0 Å². The maximum atomic E-state index is 13.9. The lowest BCUT2D eigenvalue weighted by atomic mass is 9.91. The molecular formula is C13H20BrFN2O2S. The average molecular weight is 367 g/mol. The summed E-state index contributed by atoms with van der Waals surface area (Å²) in [6, 6.07) is 2.20. The Balaban J connectivity index is 3.28. The van der Waals surface area contributed by atoms with Crippen molar-refractivity contribution < 1.29 is 12.8 Å². The number of hydrogen-bond acceptors (Lipinski definition) is 3. The molecule has 0 aromatic heterocycles. The molecule has 1 aromatic carbocycles. The molecule has 114 valence electrons. The van der Waals surface area contributed by atoms with E-state index in [9.17, 15) is 12.8 Å². The molecule has 3 N–H and O–H groups in total. The van der Waals surface area contributed by atoms with Crippen molar-refractivity contribution in [3.8, 4) is 0 Å². The van der Waals surface area contributed by atoms with Gasteiger partial charge < -0.3 is 5.73 Å². The third kappa shape index (κ3) is 3.51. The van der Waals surface area contributed by atoms with Gasteiger partial charge in [0.25, 0.3) is 0 Å². The lowest BCUT2D eigenvalue weighted by molar-refractivity contribution is 0.341. The summed E-state index contributed by atoms with van der Waals surface area (Å²) >= 11 is 3.07. The van der Waals surface area contributed by atoms with Gasteiger partial charge in [-0.25, -0.2) is 17.5 Å². The van der Waals surface area contributed by atoms with Crippen LogP contribution in [0.15, 0.2) is 21.5 Å². The van der Waals surface area contributed by atoms with Gasteiger partial charge in [0, 0.05) is 15.7 Å². The van der Waals surface area contributed by atoms with E-state index in [1.54, 1.807) is 0 Å². The molecule has 0 amide bonds. The zero-order valence-corrected chi connectivity index (χ0v) is 14.2. The maximum Gasteiger partial charge on any atom is 0.244 e. The normalized spacial score (nSPS) is 12.7. The second-order valence-corrected chi connectivity index (χ2v) is 7.26. The van der Waals surface area contributed by atoms with E-state index in [2.05, 4.69) is 20.7 Å². The highest BCUT2D eigenvalue weighted by Gasteiger charge is 2.32. The van der Waals surface area contributed by atoms with Crippen LogP contribution in [-0.4, -0.2) is 14.0 Å². The molecule has 0 radical (unpaired) electrons. The Hall–Kier alpha value is -0.660. The molecule has 0 fully saturated rings. The standard InChI is InChI=1S/C13H20BrFN2O2S/c1-4-13(5-2,6-3)17-20(18,19)12-8-11(16)9(14)7-10(12)15/h7-8,17H,4-6,16H2,1-3H3. The predicted molar refractivity (Wildman–Crippen MR) is 82.4 cm³/mol.